The van der Waals surface area contributed by atoms with Crippen molar-refractivity contribution in [2.75, 3.05) is 4.90 Å². The molecule has 0 aliphatic carbocycles. The molecular weight excluding hydrogens is 280 g/mol. The fourth-order valence-electron chi connectivity index (χ4n) is 2.69. The summed E-state index contributed by atoms with van der Waals surface area (Å²) in [6.07, 6.45) is 0. The molecule has 0 aliphatic rings. The Kier molecular flexibility index (Phi) is 5.07. The predicted octanol–water partition coefficient (Wildman–Crippen LogP) is 4.35. The maximum absolute atomic E-state index is 5.71. The van der Waals surface area contributed by atoms with Gasteiger partial charge in [-0.15, -0.1) is 0 Å². The summed E-state index contributed by atoms with van der Waals surface area (Å²) in [6, 6.07) is 29.7. The van der Waals surface area contributed by atoms with Gasteiger partial charge in [0.25, 0.3) is 0 Å². The summed E-state index contributed by atoms with van der Waals surface area (Å²) in [5.41, 5.74) is 10.7. The summed E-state index contributed by atoms with van der Waals surface area (Å²) in [5, 5.41) is 0. The van der Waals surface area contributed by atoms with Gasteiger partial charge < -0.3 is 10.6 Å². The molecule has 0 saturated heterocycles. The van der Waals surface area contributed by atoms with Crippen molar-refractivity contribution >= 4 is 5.69 Å². The molecule has 2 nitrogen and oxygen atoms in total. The zero-order chi connectivity index (χ0) is 15.9. The van der Waals surface area contributed by atoms with Gasteiger partial charge in [0.05, 0.1) is 0 Å². The average Bonchev–Trinajstić information content (AvgIpc) is 2.63. The Balaban J connectivity index is 1.85. The van der Waals surface area contributed by atoms with Crippen LogP contribution < -0.4 is 10.6 Å². The van der Waals surface area contributed by atoms with E-state index in [1.807, 2.05) is 0 Å². The molecule has 0 saturated carbocycles. The van der Waals surface area contributed by atoms with Gasteiger partial charge in [0.1, 0.15) is 0 Å². The first-order chi connectivity index (χ1) is 11.3. The topological polar surface area (TPSA) is 29.3 Å². The van der Waals surface area contributed by atoms with E-state index in [4.69, 9.17) is 5.73 Å². The number of hydrogen-bond donors (Lipinski definition) is 1. The average molecular weight is 302 g/mol. The summed E-state index contributed by atoms with van der Waals surface area (Å²) in [4.78, 5) is 2.39. The van der Waals surface area contributed by atoms with Gasteiger partial charge >= 0.3 is 0 Å². The minimum Gasteiger partial charge on any atom is -0.363 e. The Morgan fingerprint density at radius 1 is 0.565 bits per heavy atom. The highest BCUT2D eigenvalue weighted by Crippen LogP contribution is 2.21. The second kappa shape index (κ2) is 7.61. The lowest BCUT2D eigenvalue weighted by atomic mass is 10.1. The molecule has 3 aromatic rings. The van der Waals surface area contributed by atoms with Crippen molar-refractivity contribution in [3.63, 3.8) is 0 Å². The van der Waals surface area contributed by atoms with Gasteiger partial charge in [-0.1, -0.05) is 72.8 Å². The Morgan fingerprint density at radius 3 is 1.48 bits per heavy atom. The van der Waals surface area contributed by atoms with Crippen LogP contribution in [-0.4, -0.2) is 0 Å². The standard InChI is InChI=1S/C21H22N2/c22-15-18-11-13-21(14-12-18)23(16-19-7-3-1-4-8-19)17-20-9-5-2-6-10-20/h1-14H,15-17,22H2. The van der Waals surface area contributed by atoms with Gasteiger partial charge in [0, 0.05) is 25.3 Å². The van der Waals surface area contributed by atoms with Crippen LogP contribution in [0.3, 0.4) is 0 Å². The first kappa shape index (κ1) is 15.3. The van der Waals surface area contributed by atoms with Crippen molar-refractivity contribution in [1.29, 1.82) is 0 Å². The predicted molar refractivity (Wildman–Crippen MR) is 97.1 cm³/mol. The van der Waals surface area contributed by atoms with Crippen LogP contribution in [0.1, 0.15) is 16.7 Å². The largest absolute Gasteiger partial charge is 0.363 e. The van der Waals surface area contributed by atoms with Gasteiger partial charge in [0.15, 0.2) is 0 Å². The summed E-state index contributed by atoms with van der Waals surface area (Å²) < 4.78 is 0. The lowest BCUT2D eigenvalue weighted by Crippen LogP contribution is -2.22. The van der Waals surface area contributed by atoms with Gasteiger partial charge in [-0.05, 0) is 28.8 Å². The van der Waals surface area contributed by atoms with E-state index < -0.39 is 0 Å². The highest BCUT2D eigenvalue weighted by molar-refractivity contribution is 5.49. The van der Waals surface area contributed by atoms with E-state index in [1.165, 1.54) is 16.8 Å². The van der Waals surface area contributed by atoms with Gasteiger partial charge in [-0.2, -0.15) is 0 Å². The molecule has 2 heteroatoms. The van der Waals surface area contributed by atoms with E-state index in [9.17, 15) is 0 Å². The van der Waals surface area contributed by atoms with Gasteiger partial charge in [0.2, 0.25) is 0 Å². The van der Waals surface area contributed by atoms with Crippen LogP contribution in [-0.2, 0) is 19.6 Å². The van der Waals surface area contributed by atoms with E-state index in [0.717, 1.165) is 18.7 Å². The van der Waals surface area contributed by atoms with Crippen LogP contribution >= 0.6 is 0 Å². The lowest BCUT2D eigenvalue weighted by molar-refractivity contribution is 0.799. The normalized spacial score (nSPS) is 10.5. The molecule has 0 bridgehead atoms. The fraction of sp³-hybridized carbons (Fsp3) is 0.143. The van der Waals surface area contributed by atoms with Crippen LogP contribution in [0, 0.1) is 0 Å². The highest BCUT2D eigenvalue weighted by Gasteiger charge is 2.08. The number of nitrogens with zero attached hydrogens (tertiary/aromatic N) is 1. The van der Waals surface area contributed by atoms with Crippen LogP contribution in [0.15, 0.2) is 84.9 Å². The number of benzene rings is 3. The van der Waals surface area contributed by atoms with E-state index in [2.05, 4.69) is 89.8 Å². The molecule has 0 amide bonds. The molecule has 23 heavy (non-hydrogen) atoms. The Labute approximate surface area is 138 Å². The second-order valence-corrected chi connectivity index (χ2v) is 5.70. The zero-order valence-electron chi connectivity index (χ0n) is 13.2. The lowest BCUT2D eigenvalue weighted by Gasteiger charge is -2.25. The van der Waals surface area contributed by atoms with Gasteiger partial charge in [-0.3, -0.25) is 0 Å². The fourth-order valence-corrected chi connectivity index (χ4v) is 2.69. The molecule has 0 aliphatic heterocycles. The molecule has 0 atom stereocenters. The van der Waals surface area contributed by atoms with E-state index in [-0.39, 0.29) is 0 Å². The third kappa shape index (κ3) is 4.21. The molecule has 3 aromatic carbocycles. The van der Waals surface area contributed by atoms with Crippen molar-refractivity contribution in [2.45, 2.75) is 19.6 Å². The molecule has 2 N–H and O–H groups in total. The summed E-state index contributed by atoms with van der Waals surface area (Å²) in [6.45, 7) is 2.35. The quantitative estimate of drug-likeness (QED) is 0.733. The van der Waals surface area contributed by atoms with Crippen molar-refractivity contribution < 1.29 is 0 Å². The van der Waals surface area contributed by atoms with Crippen LogP contribution in [0.4, 0.5) is 5.69 Å². The van der Waals surface area contributed by atoms with Crippen molar-refractivity contribution in [3.05, 3.63) is 102 Å². The zero-order valence-corrected chi connectivity index (χ0v) is 13.2. The monoisotopic (exact) mass is 302 g/mol. The molecule has 0 spiro atoms. The molecule has 0 radical (unpaired) electrons. The number of hydrogen-bond acceptors (Lipinski definition) is 2. The van der Waals surface area contributed by atoms with Crippen LogP contribution in [0.5, 0.6) is 0 Å². The molecule has 0 fully saturated rings. The Bertz CT molecular complexity index is 664. The third-order valence-electron chi connectivity index (χ3n) is 3.97. The van der Waals surface area contributed by atoms with E-state index >= 15 is 0 Å². The second-order valence-electron chi connectivity index (χ2n) is 5.70. The molecular formula is C21H22N2. The number of rotatable bonds is 6. The summed E-state index contributed by atoms with van der Waals surface area (Å²) in [5.74, 6) is 0. The van der Waals surface area contributed by atoms with Crippen LogP contribution in [0.25, 0.3) is 0 Å². The van der Waals surface area contributed by atoms with E-state index in [0.29, 0.717) is 6.54 Å². The first-order valence-corrected chi connectivity index (χ1v) is 7.97. The molecule has 0 unspecified atom stereocenters. The van der Waals surface area contributed by atoms with Crippen molar-refractivity contribution in [2.24, 2.45) is 5.73 Å². The van der Waals surface area contributed by atoms with Gasteiger partial charge in [-0.25, -0.2) is 0 Å². The number of nitrogens with two attached hydrogens (primary N) is 1. The Morgan fingerprint density at radius 2 is 1.04 bits per heavy atom. The molecule has 3 rings (SSSR count). The first-order valence-electron chi connectivity index (χ1n) is 7.97. The summed E-state index contributed by atoms with van der Waals surface area (Å²) >= 11 is 0. The molecule has 116 valence electrons. The highest BCUT2D eigenvalue weighted by atomic mass is 15.1. The van der Waals surface area contributed by atoms with Crippen molar-refractivity contribution in [3.8, 4) is 0 Å². The maximum Gasteiger partial charge on any atom is 0.0433 e. The minimum atomic E-state index is 0.581. The number of anilines is 1. The third-order valence-corrected chi connectivity index (χ3v) is 3.97. The minimum absolute atomic E-state index is 0.581. The molecule has 0 heterocycles. The Hall–Kier alpha value is -2.58. The smallest absolute Gasteiger partial charge is 0.0433 e. The molecule has 0 aromatic heterocycles. The summed E-state index contributed by atoms with van der Waals surface area (Å²) in [7, 11) is 0. The maximum atomic E-state index is 5.71. The van der Waals surface area contributed by atoms with Crippen LogP contribution in [0.2, 0.25) is 0 Å². The SMILES string of the molecule is NCc1ccc(N(Cc2ccccc2)Cc2ccccc2)cc1. The van der Waals surface area contributed by atoms with E-state index in [1.54, 1.807) is 0 Å². The van der Waals surface area contributed by atoms with Crippen molar-refractivity contribution in [1.82, 2.24) is 0 Å².